The highest BCUT2D eigenvalue weighted by molar-refractivity contribution is 5.46. The van der Waals surface area contributed by atoms with E-state index in [0.29, 0.717) is 24.3 Å². The van der Waals surface area contributed by atoms with Crippen molar-refractivity contribution in [3.8, 4) is 5.75 Å². The summed E-state index contributed by atoms with van der Waals surface area (Å²) in [6.45, 7) is 0.398. The monoisotopic (exact) mass is 195 g/mol. The van der Waals surface area contributed by atoms with Gasteiger partial charge in [0, 0.05) is 18.1 Å². The van der Waals surface area contributed by atoms with Crippen LogP contribution in [-0.2, 0) is 0 Å². The molecule has 0 amide bonds. The molecule has 0 spiro atoms. The Hall–Kier alpha value is -1.62. The van der Waals surface area contributed by atoms with Crippen molar-refractivity contribution in [1.82, 2.24) is 0 Å². The molecular weight excluding hydrogens is 186 g/mol. The van der Waals surface area contributed by atoms with E-state index in [-0.39, 0.29) is 5.69 Å². The van der Waals surface area contributed by atoms with Crippen LogP contribution in [0.1, 0.15) is 18.1 Å². The molecule has 1 aromatic carbocycles. The molecule has 1 unspecified atom stereocenters. The molecule has 1 N–H and O–H groups in total. The largest absolute Gasteiger partial charge is 0.493 e. The molecule has 0 fully saturated rings. The fourth-order valence-electron chi connectivity index (χ4n) is 1.47. The molecule has 0 aliphatic carbocycles. The molecule has 0 radical (unpaired) electrons. The lowest BCUT2D eigenvalue weighted by Crippen LogP contribution is -2.13. The van der Waals surface area contributed by atoms with Gasteiger partial charge in [0.1, 0.15) is 5.75 Å². The highest BCUT2D eigenvalue weighted by Gasteiger charge is 2.21. The Kier molecular flexibility index (Phi) is 2.09. The number of ether oxygens (including phenoxy) is 1. The normalized spacial score (nSPS) is 19.6. The van der Waals surface area contributed by atoms with Gasteiger partial charge in [-0.25, -0.2) is 0 Å². The van der Waals surface area contributed by atoms with Crippen molar-refractivity contribution in [3.05, 3.63) is 33.9 Å². The summed E-state index contributed by atoms with van der Waals surface area (Å²) in [4.78, 5) is 9.97. The van der Waals surface area contributed by atoms with E-state index in [1.165, 1.54) is 18.2 Å². The molecule has 0 bridgehead atoms. The molecule has 2 rings (SSSR count). The predicted octanol–water partition coefficient (Wildman–Crippen LogP) is 1.41. The van der Waals surface area contributed by atoms with E-state index < -0.39 is 11.0 Å². The first kappa shape index (κ1) is 8.96. The van der Waals surface area contributed by atoms with Crippen LogP contribution in [0.2, 0.25) is 0 Å². The van der Waals surface area contributed by atoms with E-state index in [0.717, 1.165) is 0 Å². The van der Waals surface area contributed by atoms with Crippen LogP contribution in [0.3, 0.4) is 0 Å². The van der Waals surface area contributed by atoms with E-state index >= 15 is 0 Å². The maximum absolute atomic E-state index is 10.5. The maximum Gasteiger partial charge on any atom is 0.273 e. The second-order valence-corrected chi connectivity index (χ2v) is 3.13. The van der Waals surface area contributed by atoms with Gasteiger partial charge in [-0.05, 0) is 6.07 Å². The Labute approximate surface area is 80.1 Å². The highest BCUT2D eigenvalue weighted by atomic mass is 16.6. The summed E-state index contributed by atoms with van der Waals surface area (Å²) >= 11 is 0. The molecule has 1 aromatic rings. The minimum Gasteiger partial charge on any atom is -0.493 e. The van der Waals surface area contributed by atoms with Crippen molar-refractivity contribution >= 4 is 5.69 Å². The van der Waals surface area contributed by atoms with Crippen LogP contribution >= 0.6 is 0 Å². The molecule has 1 aliphatic rings. The summed E-state index contributed by atoms with van der Waals surface area (Å²) in [5, 5.41) is 20.0. The second kappa shape index (κ2) is 3.26. The van der Waals surface area contributed by atoms with Crippen LogP contribution in [0.4, 0.5) is 5.69 Å². The van der Waals surface area contributed by atoms with Gasteiger partial charge in [-0.15, -0.1) is 0 Å². The highest BCUT2D eigenvalue weighted by Crippen LogP contribution is 2.34. The number of rotatable bonds is 1. The smallest absolute Gasteiger partial charge is 0.273 e. The Morgan fingerprint density at radius 3 is 3.07 bits per heavy atom. The third-order valence-corrected chi connectivity index (χ3v) is 2.22. The number of fused-ring (bicyclic) bond motifs is 1. The van der Waals surface area contributed by atoms with Gasteiger partial charge in [0.05, 0.1) is 23.7 Å². The first-order valence-corrected chi connectivity index (χ1v) is 4.27. The quantitative estimate of drug-likeness (QED) is 0.543. The fourth-order valence-corrected chi connectivity index (χ4v) is 1.47. The molecule has 1 atom stereocenters. The average molecular weight is 195 g/mol. The first-order chi connectivity index (χ1) is 6.68. The molecule has 14 heavy (non-hydrogen) atoms. The molecule has 5 heteroatoms. The van der Waals surface area contributed by atoms with Gasteiger partial charge < -0.3 is 9.84 Å². The number of benzene rings is 1. The Morgan fingerprint density at radius 2 is 2.36 bits per heavy atom. The van der Waals surface area contributed by atoms with Gasteiger partial charge >= 0.3 is 0 Å². The Balaban J connectivity index is 2.44. The third-order valence-electron chi connectivity index (χ3n) is 2.22. The van der Waals surface area contributed by atoms with Gasteiger partial charge in [-0.3, -0.25) is 10.1 Å². The lowest BCUT2D eigenvalue weighted by atomic mass is 10.0. The molecule has 0 saturated carbocycles. The zero-order valence-electron chi connectivity index (χ0n) is 7.34. The summed E-state index contributed by atoms with van der Waals surface area (Å²) in [6.07, 6.45) is -0.0373. The van der Waals surface area contributed by atoms with Crippen LogP contribution in [-0.4, -0.2) is 16.6 Å². The number of aliphatic hydroxyl groups excluding tert-OH is 1. The van der Waals surface area contributed by atoms with Crippen LogP contribution in [0.25, 0.3) is 0 Å². The maximum atomic E-state index is 10.5. The number of nitro benzene ring substituents is 1. The van der Waals surface area contributed by atoms with E-state index in [2.05, 4.69) is 0 Å². The van der Waals surface area contributed by atoms with Gasteiger partial charge in [-0.2, -0.15) is 0 Å². The van der Waals surface area contributed by atoms with Crippen LogP contribution in [0, 0.1) is 10.1 Å². The van der Waals surface area contributed by atoms with Gasteiger partial charge in [-0.1, -0.05) is 0 Å². The predicted molar refractivity (Wildman–Crippen MR) is 48.2 cm³/mol. The molecule has 74 valence electrons. The van der Waals surface area contributed by atoms with E-state index in [1.807, 2.05) is 0 Å². The second-order valence-electron chi connectivity index (χ2n) is 3.13. The molecule has 0 aromatic heterocycles. The Bertz CT molecular complexity index is 377. The number of nitrogens with zero attached hydrogens (tertiary/aromatic N) is 1. The number of nitro groups is 1. The summed E-state index contributed by atoms with van der Waals surface area (Å²) in [7, 11) is 0. The summed E-state index contributed by atoms with van der Waals surface area (Å²) in [5.74, 6) is 0.415. The van der Waals surface area contributed by atoms with Crippen molar-refractivity contribution in [2.45, 2.75) is 12.5 Å². The number of aliphatic hydroxyl groups is 1. The molecule has 0 saturated heterocycles. The lowest BCUT2D eigenvalue weighted by Gasteiger charge is -2.21. The van der Waals surface area contributed by atoms with Gasteiger partial charge in [0.2, 0.25) is 0 Å². The summed E-state index contributed by atoms with van der Waals surface area (Å²) < 4.78 is 5.22. The van der Waals surface area contributed by atoms with Crippen LogP contribution < -0.4 is 4.74 Å². The topological polar surface area (TPSA) is 72.6 Å². The fraction of sp³-hybridized carbons (Fsp3) is 0.333. The van der Waals surface area contributed by atoms with E-state index in [4.69, 9.17) is 4.74 Å². The summed E-state index contributed by atoms with van der Waals surface area (Å²) in [6, 6.07) is 4.26. The minimum atomic E-state index is -0.570. The van der Waals surface area contributed by atoms with Gasteiger partial charge in [0.25, 0.3) is 5.69 Å². The number of hydrogen-bond donors (Lipinski definition) is 1. The number of non-ortho nitro benzene ring substituents is 1. The minimum absolute atomic E-state index is 0.0159. The van der Waals surface area contributed by atoms with Crippen LogP contribution in [0.5, 0.6) is 5.75 Å². The average Bonchev–Trinajstić information content (AvgIpc) is 2.17. The van der Waals surface area contributed by atoms with Gasteiger partial charge in [0.15, 0.2) is 0 Å². The zero-order valence-corrected chi connectivity index (χ0v) is 7.34. The molecule has 1 heterocycles. The summed E-state index contributed by atoms with van der Waals surface area (Å²) in [5.41, 5.74) is 0.611. The first-order valence-electron chi connectivity index (χ1n) is 4.27. The molecule has 5 nitrogen and oxygen atoms in total. The molecular formula is C9H9NO4. The van der Waals surface area contributed by atoms with Crippen molar-refractivity contribution in [1.29, 1.82) is 0 Å². The molecule has 1 aliphatic heterocycles. The van der Waals surface area contributed by atoms with Crippen molar-refractivity contribution < 1.29 is 14.8 Å². The van der Waals surface area contributed by atoms with Crippen molar-refractivity contribution in [2.24, 2.45) is 0 Å². The van der Waals surface area contributed by atoms with E-state index in [9.17, 15) is 15.2 Å². The van der Waals surface area contributed by atoms with Crippen molar-refractivity contribution in [2.75, 3.05) is 6.61 Å². The standard InChI is InChI=1S/C9H9NO4/c11-8-3-4-14-9-5-6(10(12)13)1-2-7(8)9/h1-2,5,8,11H,3-4H2. The lowest BCUT2D eigenvalue weighted by molar-refractivity contribution is -0.385. The SMILES string of the molecule is O=[N+]([O-])c1ccc2c(c1)OCCC2O. The zero-order chi connectivity index (χ0) is 10.1. The Morgan fingerprint density at radius 1 is 1.57 bits per heavy atom. The van der Waals surface area contributed by atoms with Crippen LogP contribution in [0.15, 0.2) is 18.2 Å². The third kappa shape index (κ3) is 1.42. The van der Waals surface area contributed by atoms with E-state index in [1.54, 1.807) is 0 Å². The van der Waals surface area contributed by atoms with Crippen molar-refractivity contribution in [3.63, 3.8) is 0 Å². The number of hydrogen-bond acceptors (Lipinski definition) is 4.